The number of anilines is 1. The van der Waals surface area contributed by atoms with Gasteiger partial charge in [0.15, 0.2) is 11.7 Å². The Balaban J connectivity index is 1.87. The maximum Gasteiger partial charge on any atom is 0.298 e. The lowest BCUT2D eigenvalue weighted by molar-refractivity contribution is -0.130. The number of nitrogens with zero attached hydrogens (tertiary/aromatic N) is 2. The third kappa shape index (κ3) is 1.91. The quantitative estimate of drug-likeness (QED) is 0.836. The molecular formula is C12H13N3O3. The number of carbonyl (C=O) groups is 1. The Morgan fingerprint density at radius 2 is 2.28 bits per heavy atom. The van der Waals surface area contributed by atoms with Crippen molar-refractivity contribution in [3.05, 3.63) is 24.3 Å². The van der Waals surface area contributed by atoms with Crippen molar-refractivity contribution in [3.63, 3.8) is 0 Å². The van der Waals surface area contributed by atoms with E-state index in [1.165, 1.54) is 0 Å². The second-order valence-electron chi connectivity index (χ2n) is 4.17. The lowest BCUT2D eigenvalue weighted by Crippen LogP contribution is -2.48. The summed E-state index contributed by atoms with van der Waals surface area (Å²) in [6.07, 6.45) is -0.603. The number of hydrogen-bond donors (Lipinski definition) is 1. The Kier molecular flexibility index (Phi) is 2.64. The third-order valence-corrected chi connectivity index (χ3v) is 2.94. The van der Waals surface area contributed by atoms with E-state index in [9.17, 15) is 4.79 Å². The van der Waals surface area contributed by atoms with Crippen molar-refractivity contribution >= 4 is 23.0 Å². The molecular weight excluding hydrogens is 234 g/mol. The molecule has 1 saturated heterocycles. The van der Waals surface area contributed by atoms with Gasteiger partial charge >= 0.3 is 0 Å². The summed E-state index contributed by atoms with van der Waals surface area (Å²) in [6, 6.07) is 8.04. The Bertz CT molecular complexity index is 548. The second-order valence-corrected chi connectivity index (χ2v) is 4.17. The van der Waals surface area contributed by atoms with Crippen LogP contribution in [0, 0.1) is 0 Å². The zero-order valence-electron chi connectivity index (χ0n) is 9.70. The van der Waals surface area contributed by atoms with Gasteiger partial charge in [0.2, 0.25) is 5.91 Å². The van der Waals surface area contributed by atoms with Gasteiger partial charge in [0, 0.05) is 6.54 Å². The van der Waals surface area contributed by atoms with Crippen molar-refractivity contribution < 1.29 is 13.9 Å². The van der Waals surface area contributed by atoms with Gasteiger partial charge in [0.25, 0.3) is 6.01 Å². The van der Waals surface area contributed by atoms with Gasteiger partial charge in [-0.1, -0.05) is 12.1 Å². The summed E-state index contributed by atoms with van der Waals surface area (Å²) < 4.78 is 10.9. The Morgan fingerprint density at radius 1 is 1.44 bits per heavy atom. The first kappa shape index (κ1) is 11.0. The Labute approximate surface area is 103 Å². The zero-order valence-corrected chi connectivity index (χ0v) is 9.70. The predicted molar refractivity (Wildman–Crippen MR) is 65.2 cm³/mol. The minimum Gasteiger partial charge on any atom is -0.423 e. The molecule has 6 heteroatoms. The van der Waals surface area contributed by atoms with Gasteiger partial charge in [-0.15, -0.1) is 0 Å². The molecule has 6 nitrogen and oxygen atoms in total. The number of primary amides is 1. The van der Waals surface area contributed by atoms with E-state index in [1.807, 2.05) is 29.2 Å². The molecule has 2 N–H and O–H groups in total. The van der Waals surface area contributed by atoms with Gasteiger partial charge in [-0.3, -0.25) is 4.79 Å². The van der Waals surface area contributed by atoms with Gasteiger partial charge in [-0.05, 0) is 12.1 Å². The van der Waals surface area contributed by atoms with Crippen molar-refractivity contribution in [1.82, 2.24) is 4.98 Å². The molecule has 1 aromatic carbocycles. The molecule has 0 bridgehead atoms. The molecule has 1 fully saturated rings. The molecule has 3 rings (SSSR count). The van der Waals surface area contributed by atoms with Crippen LogP contribution < -0.4 is 10.6 Å². The highest BCUT2D eigenvalue weighted by atomic mass is 16.5. The highest BCUT2D eigenvalue weighted by Crippen LogP contribution is 2.23. The van der Waals surface area contributed by atoms with E-state index >= 15 is 0 Å². The summed E-state index contributed by atoms with van der Waals surface area (Å²) in [6.45, 7) is 1.45. The van der Waals surface area contributed by atoms with Crippen LogP contribution in [0.2, 0.25) is 0 Å². The summed E-state index contributed by atoms with van der Waals surface area (Å²) in [5.74, 6) is -0.462. The second kappa shape index (κ2) is 4.30. The summed E-state index contributed by atoms with van der Waals surface area (Å²) in [5.41, 5.74) is 6.77. The number of aromatic nitrogens is 1. The van der Waals surface area contributed by atoms with Crippen molar-refractivity contribution in [2.75, 3.05) is 24.6 Å². The monoisotopic (exact) mass is 247 g/mol. The third-order valence-electron chi connectivity index (χ3n) is 2.94. The van der Waals surface area contributed by atoms with Crippen LogP contribution in [0.25, 0.3) is 11.1 Å². The van der Waals surface area contributed by atoms with Gasteiger partial charge in [-0.25, -0.2) is 0 Å². The number of oxazole rings is 1. The average Bonchev–Trinajstić information content (AvgIpc) is 2.82. The van der Waals surface area contributed by atoms with E-state index in [0.29, 0.717) is 25.7 Å². The molecule has 0 spiro atoms. The largest absolute Gasteiger partial charge is 0.423 e. The van der Waals surface area contributed by atoms with E-state index in [0.717, 1.165) is 11.1 Å². The molecule has 0 unspecified atom stereocenters. The molecule has 0 aliphatic carbocycles. The van der Waals surface area contributed by atoms with E-state index < -0.39 is 12.0 Å². The van der Waals surface area contributed by atoms with Crippen LogP contribution in [-0.4, -0.2) is 36.7 Å². The van der Waals surface area contributed by atoms with Crippen LogP contribution in [0.3, 0.4) is 0 Å². The molecule has 1 aliphatic heterocycles. The molecule has 2 aromatic rings. The lowest BCUT2D eigenvalue weighted by atomic mass is 10.3. The number of benzene rings is 1. The Morgan fingerprint density at radius 3 is 3.06 bits per heavy atom. The summed E-state index contributed by atoms with van der Waals surface area (Å²) in [5, 5.41) is 0. The topological polar surface area (TPSA) is 81.6 Å². The maximum atomic E-state index is 11.1. The molecule has 1 amide bonds. The number of para-hydroxylation sites is 2. The zero-order chi connectivity index (χ0) is 12.5. The molecule has 1 aromatic heterocycles. The molecule has 2 heterocycles. The van der Waals surface area contributed by atoms with Crippen LogP contribution in [0.4, 0.5) is 6.01 Å². The van der Waals surface area contributed by atoms with Crippen LogP contribution in [0.5, 0.6) is 0 Å². The SMILES string of the molecule is NC(=O)[C@H]1CN(c2nc3ccccc3o2)CCO1. The number of carbonyl (C=O) groups excluding carboxylic acids is 1. The first-order valence-electron chi connectivity index (χ1n) is 5.75. The van der Waals surface area contributed by atoms with Crippen LogP contribution in [-0.2, 0) is 9.53 Å². The molecule has 94 valence electrons. The van der Waals surface area contributed by atoms with Crippen molar-refractivity contribution in [2.45, 2.75) is 6.10 Å². The van der Waals surface area contributed by atoms with Crippen molar-refractivity contribution in [1.29, 1.82) is 0 Å². The number of rotatable bonds is 2. The fourth-order valence-electron chi connectivity index (χ4n) is 1.99. The van der Waals surface area contributed by atoms with Gasteiger partial charge in [-0.2, -0.15) is 4.98 Å². The smallest absolute Gasteiger partial charge is 0.298 e. The maximum absolute atomic E-state index is 11.1. The number of hydrogen-bond acceptors (Lipinski definition) is 5. The highest BCUT2D eigenvalue weighted by Gasteiger charge is 2.27. The van der Waals surface area contributed by atoms with Gasteiger partial charge < -0.3 is 19.8 Å². The summed E-state index contributed by atoms with van der Waals surface area (Å²) >= 11 is 0. The highest BCUT2D eigenvalue weighted by molar-refractivity contribution is 5.80. The number of amides is 1. The summed E-state index contributed by atoms with van der Waals surface area (Å²) in [4.78, 5) is 17.4. The first-order valence-corrected chi connectivity index (χ1v) is 5.75. The fourth-order valence-corrected chi connectivity index (χ4v) is 1.99. The van der Waals surface area contributed by atoms with E-state index in [-0.39, 0.29) is 0 Å². The average molecular weight is 247 g/mol. The van der Waals surface area contributed by atoms with Crippen molar-refractivity contribution in [3.8, 4) is 0 Å². The Hall–Kier alpha value is -2.08. The minimum absolute atomic E-state index is 0.377. The molecule has 1 atom stereocenters. The van der Waals surface area contributed by atoms with Crippen LogP contribution >= 0.6 is 0 Å². The van der Waals surface area contributed by atoms with Gasteiger partial charge in [0.05, 0.1) is 13.2 Å². The van der Waals surface area contributed by atoms with E-state index in [1.54, 1.807) is 0 Å². The number of fused-ring (bicyclic) bond motifs is 1. The van der Waals surface area contributed by atoms with Crippen LogP contribution in [0.1, 0.15) is 0 Å². The number of ether oxygens (including phenoxy) is 1. The molecule has 0 radical (unpaired) electrons. The number of morpholine rings is 1. The lowest BCUT2D eigenvalue weighted by Gasteiger charge is -2.29. The number of nitrogens with two attached hydrogens (primary N) is 1. The standard InChI is InChI=1S/C12H13N3O3/c13-11(16)10-7-15(5-6-17-10)12-14-8-3-1-2-4-9(8)18-12/h1-4,10H,5-7H2,(H2,13,16)/t10-/m1/s1. The van der Waals surface area contributed by atoms with Crippen molar-refractivity contribution in [2.24, 2.45) is 5.73 Å². The van der Waals surface area contributed by atoms with E-state index in [4.69, 9.17) is 14.9 Å². The molecule has 18 heavy (non-hydrogen) atoms. The van der Waals surface area contributed by atoms with Crippen LogP contribution in [0.15, 0.2) is 28.7 Å². The van der Waals surface area contributed by atoms with E-state index in [2.05, 4.69) is 4.98 Å². The fraction of sp³-hybridized carbons (Fsp3) is 0.333. The summed E-state index contributed by atoms with van der Waals surface area (Å²) in [7, 11) is 0. The first-order chi connectivity index (χ1) is 8.74. The molecule has 0 saturated carbocycles. The normalized spacial score (nSPS) is 20.2. The minimum atomic E-state index is -0.603. The van der Waals surface area contributed by atoms with Gasteiger partial charge in [0.1, 0.15) is 5.52 Å². The molecule has 1 aliphatic rings. The predicted octanol–water partition coefficient (Wildman–Crippen LogP) is 0.518.